The van der Waals surface area contributed by atoms with Gasteiger partial charge in [-0.25, -0.2) is 12.8 Å². The van der Waals surface area contributed by atoms with Gasteiger partial charge in [-0.15, -0.1) is 0 Å². The number of methoxy groups -OCH3 is 2. The fraction of sp³-hybridized carbons (Fsp3) is 0.296. The molecule has 1 saturated heterocycles. The Morgan fingerprint density at radius 2 is 1.70 bits per heavy atom. The molecule has 196 valence electrons. The highest BCUT2D eigenvalue weighted by molar-refractivity contribution is 7.92. The van der Waals surface area contributed by atoms with E-state index < -0.39 is 21.7 Å². The van der Waals surface area contributed by atoms with Crippen molar-refractivity contribution in [3.63, 3.8) is 0 Å². The summed E-state index contributed by atoms with van der Waals surface area (Å²) in [6, 6.07) is 16.4. The van der Waals surface area contributed by atoms with E-state index in [0.717, 1.165) is 30.8 Å². The van der Waals surface area contributed by atoms with Gasteiger partial charge >= 0.3 is 0 Å². The van der Waals surface area contributed by atoms with Gasteiger partial charge in [0, 0.05) is 18.5 Å². The number of para-hydroxylation sites is 1. The average molecular weight is 528 g/mol. The molecule has 1 fully saturated rings. The Bertz CT molecular complexity index is 1360. The molecule has 0 saturated carbocycles. The zero-order chi connectivity index (χ0) is 26.6. The molecule has 0 spiro atoms. The lowest BCUT2D eigenvalue weighted by Crippen LogP contribution is -2.48. The third-order valence-electron chi connectivity index (χ3n) is 6.51. The van der Waals surface area contributed by atoms with E-state index in [0.29, 0.717) is 17.9 Å². The number of sulfonamides is 1. The van der Waals surface area contributed by atoms with Crippen LogP contribution in [0.5, 0.6) is 11.5 Å². The molecule has 0 bridgehead atoms. The summed E-state index contributed by atoms with van der Waals surface area (Å²) < 4.78 is 52.3. The topological polar surface area (TPSA) is 97.0 Å². The van der Waals surface area contributed by atoms with Crippen molar-refractivity contribution in [2.24, 2.45) is 0 Å². The highest BCUT2D eigenvalue weighted by Crippen LogP contribution is 2.34. The van der Waals surface area contributed by atoms with E-state index in [1.54, 1.807) is 32.4 Å². The van der Waals surface area contributed by atoms with Crippen LogP contribution in [0.4, 0.5) is 10.1 Å². The summed E-state index contributed by atoms with van der Waals surface area (Å²) in [4.78, 5) is 15.5. The van der Waals surface area contributed by atoms with Gasteiger partial charge < -0.3 is 19.7 Å². The summed E-state index contributed by atoms with van der Waals surface area (Å²) in [5.41, 5.74) is 1.33. The van der Waals surface area contributed by atoms with Crippen molar-refractivity contribution in [3.8, 4) is 11.5 Å². The highest BCUT2D eigenvalue weighted by atomic mass is 32.2. The van der Waals surface area contributed by atoms with Crippen molar-refractivity contribution in [3.05, 3.63) is 83.7 Å². The second-order valence-corrected chi connectivity index (χ2v) is 10.6. The SMILES string of the molecule is COc1ccc([C@@H]2CN(C)CC[C@@H]2NC(=O)c2ccccc2NS(=O)(=O)c2ccc(F)cc2)cc1OC. The van der Waals surface area contributed by atoms with E-state index in [1.807, 2.05) is 25.2 Å². The molecule has 1 amide bonds. The number of amides is 1. The van der Waals surface area contributed by atoms with Gasteiger partial charge in [-0.05, 0) is 74.1 Å². The molecule has 3 aromatic rings. The number of halogens is 1. The first-order valence-electron chi connectivity index (χ1n) is 11.8. The third kappa shape index (κ3) is 6.03. The van der Waals surface area contributed by atoms with Gasteiger partial charge in [-0.1, -0.05) is 18.2 Å². The molecule has 2 atom stereocenters. The molecular formula is C27H30FN3O5S. The first kappa shape index (κ1) is 26.4. The van der Waals surface area contributed by atoms with Crippen molar-refractivity contribution >= 4 is 21.6 Å². The molecule has 1 aliphatic rings. The van der Waals surface area contributed by atoms with E-state index >= 15 is 0 Å². The Kier molecular flexibility index (Phi) is 7.99. The molecule has 0 radical (unpaired) electrons. The Labute approximate surface area is 216 Å². The van der Waals surface area contributed by atoms with Crippen LogP contribution in [0.3, 0.4) is 0 Å². The van der Waals surface area contributed by atoms with E-state index in [2.05, 4.69) is 14.9 Å². The first-order chi connectivity index (χ1) is 17.7. The molecule has 0 aromatic heterocycles. The number of hydrogen-bond acceptors (Lipinski definition) is 6. The van der Waals surface area contributed by atoms with Gasteiger partial charge in [0.1, 0.15) is 5.82 Å². The number of rotatable bonds is 8. The number of anilines is 1. The zero-order valence-electron chi connectivity index (χ0n) is 20.9. The van der Waals surface area contributed by atoms with Crippen LogP contribution in [0, 0.1) is 5.82 Å². The zero-order valence-corrected chi connectivity index (χ0v) is 21.7. The Hall–Kier alpha value is -3.63. The minimum absolute atomic E-state index is 0.0226. The molecular weight excluding hydrogens is 497 g/mol. The maximum Gasteiger partial charge on any atom is 0.261 e. The van der Waals surface area contributed by atoms with Gasteiger partial charge in [0.05, 0.1) is 30.4 Å². The summed E-state index contributed by atoms with van der Waals surface area (Å²) >= 11 is 0. The van der Waals surface area contributed by atoms with Crippen LogP contribution in [-0.4, -0.2) is 59.6 Å². The summed E-state index contributed by atoms with van der Waals surface area (Å²) in [6.07, 6.45) is 0.713. The van der Waals surface area contributed by atoms with Gasteiger partial charge in [-0.2, -0.15) is 0 Å². The number of nitrogens with zero attached hydrogens (tertiary/aromatic N) is 1. The number of hydrogen-bond donors (Lipinski definition) is 2. The molecule has 2 N–H and O–H groups in total. The summed E-state index contributed by atoms with van der Waals surface area (Å²) in [5, 5.41) is 3.12. The van der Waals surface area contributed by atoms with Crippen molar-refractivity contribution in [1.82, 2.24) is 10.2 Å². The quantitative estimate of drug-likeness (QED) is 0.462. The van der Waals surface area contributed by atoms with Gasteiger partial charge in [-0.3, -0.25) is 9.52 Å². The number of nitrogens with one attached hydrogen (secondary N) is 2. The molecule has 37 heavy (non-hydrogen) atoms. The number of ether oxygens (including phenoxy) is 2. The van der Waals surface area contributed by atoms with Crippen LogP contribution >= 0.6 is 0 Å². The van der Waals surface area contributed by atoms with Gasteiger partial charge in [0.15, 0.2) is 11.5 Å². The lowest BCUT2D eigenvalue weighted by atomic mass is 9.85. The Morgan fingerprint density at radius 3 is 2.41 bits per heavy atom. The fourth-order valence-electron chi connectivity index (χ4n) is 4.54. The Morgan fingerprint density at radius 1 is 1.00 bits per heavy atom. The van der Waals surface area contributed by atoms with Crippen LogP contribution in [0.1, 0.15) is 28.3 Å². The molecule has 3 aromatic carbocycles. The Balaban J connectivity index is 1.58. The maximum atomic E-state index is 13.4. The smallest absolute Gasteiger partial charge is 0.261 e. The number of carbonyl (C=O) groups is 1. The summed E-state index contributed by atoms with van der Waals surface area (Å²) in [5.74, 6) is 0.279. The van der Waals surface area contributed by atoms with Crippen molar-refractivity contribution in [2.75, 3.05) is 39.1 Å². The predicted molar refractivity (Wildman–Crippen MR) is 139 cm³/mol. The minimum atomic E-state index is -4.02. The predicted octanol–water partition coefficient (Wildman–Crippen LogP) is 3.86. The van der Waals surface area contributed by atoms with Crippen LogP contribution < -0.4 is 19.5 Å². The maximum absolute atomic E-state index is 13.4. The van der Waals surface area contributed by atoms with Crippen molar-refractivity contribution in [2.45, 2.75) is 23.3 Å². The highest BCUT2D eigenvalue weighted by Gasteiger charge is 2.31. The molecule has 8 nitrogen and oxygen atoms in total. The van der Waals surface area contributed by atoms with Crippen LogP contribution in [0.15, 0.2) is 71.6 Å². The number of piperidine rings is 1. The monoisotopic (exact) mass is 527 g/mol. The van der Waals surface area contributed by atoms with E-state index in [-0.39, 0.29) is 28.1 Å². The normalized spacial score (nSPS) is 18.2. The minimum Gasteiger partial charge on any atom is -0.493 e. The number of benzene rings is 3. The average Bonchev–Trinajstić information content (AvgIpc) is 2.89. The first-order valence-corrected chi connectivity index (χ1v) is 13.3. The van der Waals surface area contributed by atoms with Crippen LogP contribution in [0.25, 0.3) is 0 Å². The van der Waals surface area contributed by atoms with E-state index in [1.165, 1.54) is 18.2 Å². The molecule has 1 aliphatic heterocycles. The fourth-order valence-corrected chi connectivity index (χ4v) is 5.62. The largest absolute Gasteiger partial charge is 0.493 e. The lowest BCUT2D eigenvalue weighted by molar-refractivity contribution is 0.0905. The summed E-state index contributed by atoms with van der Waals surface area (Å²) in [6.45, 7) is 1.52. The molecule has 0 aliphatic carbocycles. The number of carbonyl (C=O) groups excluding carboxylic acids is 1. The second kappa shape index (κ2) is 11.2. The van der Waals surface area contributed by atoms with Crippen LogP contribution in [0.2, 0.25) is 0 Å². The standard InChI is InChI=1S/C27H30FN3O5S/c1-31-15-14-23(22(17-31)18-8-13-25(35-2)26(16-18)36-3)29-27(32)21-6-4-5-7-24(21)30-37(33,34)20-11-9-19(28)10-12-20/h4-13,16,22-23,30H,14-15,17H2,1-3H3,(H,29,32)/t22-,23-/m0/s1. The molecule has 1 heterocycles. The van der Waals surface area contributed by atoms with Gasteiger partial charge in [0.25, 0.3) is 15.9 Å². The molecule has 4 rings (SSSR count). The van der Waals surface area contributed by atoms with E-state index in [4.69, 9.17) is 9.47 Å². The van der Waals surface area contributed by atoms with Crippen molar-refractivity contribution < 1.29 is 27.1 Å². The lowest BCUT2D eigenvalue weighted by Gasteiger charge is -2.37. The van der Waals surface area contributed by atoms with E-state index in [9.17, 15) is 17.6 Å². The van der Waals surface area contributed by atoms with Crippen LogP contribution in [-0.2, 0) is 10.0 Å². The van der Waals surface area contributed by atoms with Gasteiger partial charge in [0.2, 0.25) is 0 Å². The second-order valence-electron chi connectivity index (χ2n) is 8.96. The number of likely N-dealkylation sites (tertiary alicyclic amines) is 1. The number of likely N-dealkylation sites (N-methyl/N-ethyl adjacent to an activating group) is 1. The summed E-state index contributed by atoms with van der Waals surface area (Å²) in [7, 11) is 1.17. The van der Waals surface area contributed by atoms with Crippen molar-refractivity contribution in [1.29, 1.82) is 0 Å². The molecule has 10 heteroatoms. The third-order valence-corrected chi connectivity index (χ3v) is 7.89. The molecule has 0 unspecified atom stereocenters.